The lowest BCUT2D eigenvalue weighted by molar-refractivity contribution is -0.0498. The minimum Gasteiger partial charge on any atom is -0.431 e. The maximum Gasteiger partial charge on any atom is 0.387 e. The average Bonchev–Trinajstić information content (AvgIpc) is 2.30. The van der Waals surface area contributed by atoms with Crippen LogP contribution in [0.25, 0.3) is 0 Å². The molecule has 19 heavy (non-hydrogen) atoms. The van der Waals surface area contributed by atoms with Gasteiger partial charge in [-0.15, -0.1) is 0 Å². The highest BCUT2D eigenvalue weighted by Gasteiger charge is 2.19. The quantitative estimate of drug-likeness (QED) is 0.803. The molecule has 0 spiro atoms. The van der Waals surface area contributed by atoms with E-state index in [1.54, 1.807) is 0 Å². The fourth-order valence-electron chi connectivity index (χ4n) is 1.29. The fraction of sp³-hybridized carbons (Fsp3) is 0.500. The lowest BCUT2D eigenvalue weighted by Gasteiger charge is -2.24. The summed E-state index contributed by atoms with van der Waals surface area (Å²) >= 11 is 9.01. The summed E-state index contributed by atoms with van der Waals surface area (Å²) in [6.45, 7) is 1.10. The van der Waals surface area contributed by atoms with Gasteiger partial charge in [0.1, 0.15) is 0 Å². The SMILES string of the molecule is CC(C)(CO)CNc1cc(Cl)cc(Br)c1OC(F)F. The van der Waals surface area contributed by atoms with Crippen LogP contribution in [0.5, 0.6) is 5.75 Å². The van der Waals surface area contributed by atoms with Crippen LogP contribution in [0.2, 0.25) is 5.02 Å². The van der Waals surface area contributed by atoms with Crippen LogP contribution in [-0.2, 0) is 0 Å². The number of halogens is 4. The van der Waals surface area contributed by atoms with E-state index in [0.29, 0.717) is 21.7 Å². The number of anilines is 1. The van der Waals surface area contributed by atoms with Crippen LogP contribution in [0.15, 0.2) is 16.6 Å². The molecule has 7 heteroatoms. The molecule has 1 aromatic carbocycles. The number of ether oxygens (including phenoxy) is 1. The lowest BCUT2D eigenvalue weighted by Crippen LogP contribution is -2.27. The van der Waals surface area contributed by atoms with Crippen molar-refractivity contribution in [1.82, 2.24) is 0 Å². The first kappa shape index (κ1) is 16.5. The molecule has 0 unspecified atom stereocenters. The predicted octanol–water partition coefficient (Wildman–Crippen LogP) is 4.13. The van der Waals surface area contributed by atoms with E-state index >= 15 is 0 Å². The van der Waals surface area contributed by atoms with Gasteiger partial charge in [-0.25, -0.2) is 0 Å². The smallest absolute Gasteiger partial charge is 0.387 e. The van der Waals surface area contributed by atoms with Gasteiger partial charge in [-0.3, -0.25) is 0 Å². The van der Waals surface area contributed by atoms with Crippen LogP contribution in [0, 0.1) is 5.41 Å². The van der Waals surface area contributed by atoms with Crippen molar-refractivity contribution in [2.75, 3.05) is 18.5 Å². The molecule has 0 heterocycles. The molecule has 0 bridgehead atoms. The molecule has 0 aliphatic heterocycles. The Balaban J connectivity index is 2.97. The summed E-state index contributed by atoms with van der Waals surface area (Å²) in [4.78, 5) is 0. The number of aliphatic hydroxyl groups is 1. The van der Waals surface area contributed by atoms with Crippen molar-refractivity contribution in [1.29, 1.82) is 0 Å². The normalized spacial score (nSPS) is 11.8. The van der Waals surface area contributed by atoms with E-state index in [1.807, 2.05) is 13.8 Å². The Labute approximate surface area is 124 Å². The third-order valence-corrected chi connectivity index (χ3v) is 3.21. The van der Waals surface area contributed by atoms with E-state index < -0.39 is 12.0 Å². The fourth-order valence-corrected chi connectivity index (χ4v) is 2.19. The Morgan fingerprint density at radius 3 is 2.63 bits per heavy atom. The van der Waals surface area contributed by atoms with Crippen molar-refractivity contribution in [3.63, 3.8) is 0 Å². The number of hydrogen-bond donors (Lipinski definition) is 2. The second kappa shape index (κ2) is 6.72. The highest BCUT2D eigenvalue weighted by atomic mass is 79.9. The standard InChI is InChI=1S/C12H15BrClF2NO2/c1-12(2,6-18)5-17-9-4-7(14)3-8(13)10(9)19-11(15)16/h3-4,11,17-18H,5-6H2,1-2H3. The number of rotatable bonds is 6. The zero-order valence-electron chi connectivity index (χ0n) is 10.5. The Kier molecular flexibility index (Phi) is 5.82. The summed E-state index contributed by atoms with van der Waals surface area (Å²) in [5.41, 5.74) is -0.0436. The van der Waals surface area contributed by atoms with E-state index in [-0.39, 0.29) is 12.4 Å². The number of benzene rings is 1. The topological polar surface area (TPSA) is 41.5 Å². The van der Waals surface area contributed by atoms with Gasteiger partial charge >= 0.3 is 6.61 Å². The molecule has 0 saturated carbocycles. The number of alkyl halides is 2. The molecule has 0 amide bonds. The Morgan fingerprint density at radius 1 is 1.47 bits per heavy atom. The number of nitrogens with one attached hydrogen (secondary N) is 1. The molecule has 1 rings (SSSR count). The summed E-state index contributed by atoms with van der Waals surface area (Å²) in [5, 5.41) is 12.5. The predicted molar refractivity (Wildman–Crippen MR) is 75.1 cm³/mol. The van der Waals surface area contributed by atoms with Gasteiger partial charge in [0, 0.05) is 23.6 Å². The summed E-state index contributed by atoms with van der Waals surface area (Å²) in [7, 11) is 0. The molecule has 0 fully saturated rings. The molecule has 0 saturated heterocycles. The van der Waals surface area contributed by atoms with Gasteiger partial charge in [0.25, 0.3) is 0 Å². The third kappa shape index (κ3) is 5.12. The lowest BCUT2D eigenvalue weighted by atomic mass is 9.95. The van der Waals surface area contributed by atoms with Gasteiger partial charge in [-0.1, -0.05) is 25.4 Å². The van der Waals surface area contributed by atoms with E-state index in [1.165, 1.54) is 12.1 Å². The summed E-state index contributed by atoms with van der Waals surface area (Å²) < 4.78 is 29.6. The van der Waals surface area contributed by atoms with Gasteiger partial charge < -0.3 is 15.2 Å². The zero-order valence-corrected chi connectivity index (χ0v) is 12.9. The van der Waals surface area contributed by atoms with Gasteiger partial charge in [0.15, 0.2) is 5.75 Å². The first-order valence-corrected chi connectivity index (χ1v) is 6.71. The van der Waals surface area contributed by atoms with Gasteiger partial charge in [0.05, 0.1) is 10.2 Å². The molecular weight excluding hydrogens is 343 g/mol. The first-order valence-electron chi connectivity index (χ1n) is 5.54. The molecule has 1 aromatic rings. The van der Waals surface area contributed by atoms with Crippen LogP contribution in [0.1, 0.15) is 13.8 Å². The van der Waals surface area contributed by atoms with E-state index in [2.05, 4.69) is 26.0 Å². The van der Waals surface area contributed by atoms with Crippen molar-refractivity contribution in [2.24, 2.45) is 5.41 Å². The maximum atomic E-state index is 12.4. The molecule has 0 radical (unpaired) electrons. The molecule has 0 aromatic heterocycles. The van der Waals surface area contributed by atoms with Crippen LogP contribution >= 0.6 is 27.5 Å². The maximum absolute atomic E-state index is 12.4. The first-order chi connectivity index (χ1) is 8.75. The zero-order chi connectivity index (χ0) is 14.6. The van der Waals surface area contributed by atoms with Crippen LogP contribution in [0.3, 0.4) is 0 Å². The van der Waals surface area contributed by atoms with Crippen molar-refractivity contribution in [2.45, 2.75) is 20.5 Å². The van der Waals surface area contributed by atoms with Gasteiger partial charge in [0.2, 0.25) is 0 Å². The Hall–Kier alpha value is -0.590. The van der Waals surface area contributed by atoms with Crippen LogP contribution in [0.4, 0.5) is 14.5 Å². The second-order valence-electron chi connectivity index (χ2n) is 4.82. The highest BCUT2D eigenvalue weighted by molar-refractivity contribution is 9.10. The minimum atomic E-state index is -2.93. The molecule has 108 valence electrons. The minimum absolute atomic E-state index is 0.00635. The van der Waals surface area contributed by atoms with Crippen molar-refractivity contribution in [3.8, 4) is 5.75 Å². The molecule has 2 N–H and O–H groups in total. The highest BCUT2D eigenvalue weighted by Crippen LogP contribution is 2.38. The van der Waals surface area contributed by atoms with E-state index in [9.17, 15) is 8.78 Å². The van der Waals surface area contributed by atoms with E-state index in [4.69, 9.17) is 16.7 Å². The molecule has 0 aliphatic rings. The van der Waals surface area contributed by atoms with Gasteiger partial charge in [-0.05, 0) is 28.1 Å². The van der Waals surface area contributed by atoms with Gasteiger partial charge in [-0.2, -0.15) is 8.78 Å². The number of hydrogen-bond acceptors (Lipinski definition) is 3. The largest absolute Gasteiger partial charge is 0.431 e. The summed E-state index contributed by atoms with van der Waals surface area (Å²) in [6, 6.07) is 2.97. The van der Waals surface area contributed by atoms with Crippen LogP contribution in [-0.4, -0.2) is 24.9 Å². The van der Waals surface area contributed by atoms with Crippen LogP contribution < -0.4 is 10.1 Å². The Bertz CT molecular complexity index is 444. The second-order valence-corrected chi connectivity index (χ2v) is 6.11. The molecular formula is C12H15BrClF2NO2. The van der Waals surface area contributed by atoms with Crippen molar-refractivity contribution < 1.29 is 18.6 Å². The Morgan fingerprint density at radius 2 is 2.11 bits per heavy atom. The van der Waals surface area contributed by atoms with Crippen molar-refractivity contribution in [3.05, 3.63) is 21.6 Å². The number of aliphatic hydroxyl groups excluding tert-OH is 1. The van der Waals surface area contributed by atoms with E-state index in [0.717, 1.165) is 0 Å². The molecule has 3 nitrogen and oxygen atoms in total. The molecule has 0 aliphatic carbocycles. The molecule has 0 atom stereocenters. The average molecular weight is 359 g/mol. The third-order valence-electron chi connectivity index (χ3n) is 2.40. The monoisotopic (exact) mass is 357 g/mol. The summed E-state index contributed by atoms with van der Waals surface area (Å²) in [5.74, 6) is -0.00635. The van der Waals surface area contributed by atoms with Crippen molar-refractivity contribution >= 4 is 33.2 Å². The summed E-state index contributed by atoms with van der Waals surface area (Å²) in [6.07, 6.45) is 0.